The zero-order valence-corrected chi connectivity index (χ0v) is 10.0. The van der Waals surface area contributed by atoms with Gasteiger partial charge in [0.1, 0.15) is 0 Å². The Kier molecular flexibility index (Phi) is 4.45. The normalized spacial score (nSPS) is 32.6. The van der Waals surface area contributed by atoms with Crippen LogP contribution in [-0.2, 0) is 4.74 Å². The summed E-state index contributed by atoms with van der Waals surface area (Å²) in [7, 11) is 0. The van der Waals surface area contributed by atoms with Gasteiger partial charge in [0.2, 0.25) is 0 Å². The molecule has 0 aromatic rings. The van der Waals surface area contributed by atoms with E-state index in [0.29, 0.717) is 6.10 Å². The molecule has 2 rings (SSSR count). The highest BCUT2D eigenvalue weighted by Crippen LogP contribution is 2.23. The fourth-order valence-corrected chi connectivity index (χ4v) is 2.65. The Hall–Kier alpha value is -0.0800. The van der Waals surface area contributed by atoms with Crippen LogP contribution in [0.1, 0.15) is 51.9 Å². The molecule has 0 aliphatic heterocycles. The average Bonchev–Trinajstić information content (AvgIpc) is 2.15. The van der Waals surface area contributed by atoms with E-state index in [4.69, 9.17) is 4.74 Å². The zero-order valence-electron chi connectivity index (χ0n) is 10.0. The molecule has 2 heteroatoms. The smallest absolute Gasteiger partial charge is 0.0594 e. The molecule has 0 spiro atoms. The molecule has 2 nitrogen and oxygen atoms in total. The summed E-state index contributed by atoms with van der Waals surface area (Å²) in [6.45, 7) is 4.34. The molecule has 0 saturated heterocycles. The van der Waals surface area contributed by atoms with Crippen molar-refractivity contribution in [3.8, 4) is 0 Å². The first kappa shape index (κ1) is 11.4. The minimum atomic E-state index is 0.595. The van der Waals surface area contributed by atoms with E-state index in [1.807, 2.05) is 0 Å². The van der Waals surface area contributed by atoms with Gasteiger partial charge in [-0.2, -0.15) is 0 Å². The summed E-state index contributed by atoms with van der Waals surface area (Å²) in [6, 6.07) is 0.763. The van der Waals surface area contributed by atoms with Crippen LogP contribution in [0, 0.1) is 5.92 Å². The van der Waals surface area contributed by atoms with Crippen molar-refractivity contribution in [3.63, 3.8) is 0 Å². The second-order valence-electron chi connectivity index (χ2n) is 5.35. The van der Waals surface area contributed by atoms with Crippen LogP contribution in [0.25, 0.3) is 0 Å². The first-order valence-electron chi connectivity index (χ1n) is 6.69. The van der Waals surface area contributed by atoms with Crippen LogP contribution in [0.4, 0.5) is 0 Å². The fraction of sp³-hybridized carbons (Fsp3) is 1.00. The first-order chi connectivity index (χ1) is 7.34. The molecule has 0 aromatic heterocycles. The van der Waals surface area contributed by atoms with Gasteiger partial charge in [-0.05, 0) is 38.0 Å². The number of hydrogen-bond acceptors (Lipinski definition) is 2. The van der Waals surface area contributed by atoms with Crippen molar-refractivity contribution >= 4 is 0 Å². The lowest BCUT2D eigenvalue weighted by Crippen LogP contribution is -2.36. The van der Waals surface area contributed by atoms with Crippen molar-refractivity contribution < 1.29 is 4.74 Å². The van der Waals surface area contributed by atoms with E-state index in [2.05, 4.69) is 12.2 Å². The van der Waals surface area contributed by atoms with E-state index in [1.165, 1.54) is 44.9 Å². The van der Waals surface area contributed by atoms with Gasteiger partial charge in [-0.15, -0.1) is 0 Å². The largest absolute Gasteiger partial charge is 0.377 e. The predicted octanol–water partition coefficient (Wildman–Crippen LogP) is 2.72. The Bertz CT molecular complexity index is 179. The van der Waals surface area contributed by atoms with Gasteiger partial charge < -0.3 is 10.1 Å². The van der Waals surface area contributed by atoms with Gasteiger partial charge in [0.05, 0.1) is 12.7 Å². The van der Waals surface area contributed by atoms with Crippen molar-refractivity contribution in [3.05, 3.63) is 0 Å². The molecule has 0 aromatic carbocycles. The van der Waals surface area contributed by atoms with Crippen LogP contribution in [-0.4, -0.2) is 25.3 Å². The van der Waals surface area contributed by atoms with Crippen LogP contribution in [0.2, 0.25) is 0 Å². The lowest BCUT2D eigenvalue weighted by Gasteiger charge is -2.29. The van der Waals surface area contributed by atoms with Gasteiger partial charge in [-0.3, -0.25) is 0 Å². The molecule has 2 unspecified atom stereocenters. The Labute approximate surface area is 93.8 Å². The Morgan fingerprint density at radius 3 is 2.60 bits per heavy atom. The van der Waals surface area contributed by atoms with Crippen molar-refractivity contribution in [1.29, 1.82) is 0 Å². The molecule has 2 fully saturated rings. The molecule has 0 bridgehead atoms. The van der Waals surface area contributed by atoms with Crippen molar-refractivity contribution in [2.75, 3.05) is 13.2 Å². The van der Waals surface area contributed by atoms with Crippen LogP contribution in [0.5, 0.6) is 0 Å². The van der Waals surface area contributed by atoms with Gasteiger partial charge in [0, 0.05) is 12.6 Å². The predicted molar refractivity (Wildman–Crippen MR) is 63.0 cm³/mol. The topological polar surface area (TPSA) is 21.3 Å². The van der Waals surface area contributed by atoms with Crippen molar-refractivity contribution in [1.82, 2.24) is 5.32 Å². The Balaban J connectivity index is 1.49. The van der Waals surface area contributed by atoms with Crippen molar-refractivity contribution in [2.45, 2.75) is 64.0 Å². The Morgan fingerprint density at radius 1 is 1.13 bits per heavy atom. The maximum atomic E-state index is 5.73. The molecule has 88 valence electrons. The maximum absolute atomic E-state index is 5.73. The summed E-state index contributed by atoms with van der Waals surface area (Å²) >= 11 is 0. The standard InChI is InChI=1S/C13H25NO/c1-11-4-2-5-12(10-11)14-8-9-15-13-6-3-7-13/h11-14H,2-10H2,1H3. The van der Waals surface area contributed by atoms with E-state index in [9.17, 15) is 0 Å². The van der Waals surface area contributed by atoms with Gasteiger partial charge in [-0.1, -0.05) is 19.8 Å². The molecule has 0 radical (unpaired) electrons. The number of rotatable bonds is 5. The highest BCUT2D eigenvalue weighted by atomic mass is 16.5. The monoisotopic (exact) mass is 211 g/mol. The summed E-state index contributed by atoms with van der Waals surface area (Å²) in [6.07, 6.45) is 10.1. The minimum Gasteiger partial charge on any atom is -0.377 e. The molecule has 1 N–H and O–H groups in total. The van der Waals surface area contributed by atoms with Gasteiger partial charge in [0.15, 0.2) is 0 Å². The first-order valence-corrected chi connectivity index (χ1v) is 6.69. The molecule has 0 amide bonds. The van der Waals surface area contributed by atoms with E-state index in [1.54, 1.807) is 0 Å². The third-order valence-corrected chi connectivity index (χ3v) is 3.88. The quantitative estimate of drug-likeness (QED) is 0.706. The molecule has 0 heterocycles. The highest BCUT2D eigenvalue weighted by molar-refractivity contribution is 4.76. The van der Waals surface area contributed by atoms with E-state index in [0.717, 1.165) is 25.1 Å². The van der Waals surface area contributed by atoms with E-state index < -0.39 is 0 Å². The zero-order chi connectivity index (χ0) is 10.5. The lowest BCUT2D eigenvalue weighted by molar-refractivity contribution is 0.00299. The second kappa shape index (κ2) is 5.86. The highest BCUT2D eigenvalue weighted by Gasteiger charge is 2.19. The van der Waals surface area contributed by atoms with Crippen LogP contribution >= 0.6 is 0 Å². The second-order valence-corrected chi connectivity index (χ2v) is 5.35. The third kappa shape index (κ3) is 3.76. The fourth-order valence-electron chi connectivity index (χ4n) is 2.65. The molecule has 2 atom stereocenters. The van der Waals surface area contributed by atoms with Crippen LogP contribution in [0.3, 0.4) is 0 Å². The van der Waals surface area contributed by atoms with Crippen molar-refractivity contribution in [2.24, 2.45) is 5.92 Å². The number of ether oxygens (including phenoxy) is 1. The van der Waals surface area contributed by atoms with Crippen LogP contribution < -0.4 is 5.32 Å². The minimum absolute atomic E-state index is 0.595. The summed E-state index contributed by atoms with van der Waals surface area (Å²) in [5, 5.41) is 3.63. The summed E-state index contributed by atoms with van der Waals surface area (Å²) in [4.78, 5) is 0. The summed E-state index contributed by atoms with van der Waals surface area (Å²) in [5.74, 6) is 0.920. The average molecular weight is 211 g/mol. The number of nitrogens with one attached hydrogen (secondary N) is 1. The number of hydrogen-bond donors (Lipinski definition) is 1. The summed E-state index contributed by atoms with van der Waals surface area (Å²) < 4.78 is 5.73. The molecular weight excluding hydrogens is 186 g/mol. The van der Waals surface area contributed by atoms with E-state index in [-0.39, 0.29) is 0 Å². The molecule has 2 aliphatic carbocycles. The SMILES string of the molecule is CC1CCCC(NCCOC2CCC2)C1. The molecule has 2 aliphatic rings. The third-order valence-electron chi connectivity index (χ3n) is 3.88. The molecule has 2 saturated carbocycles. The van der Waals surface area contributed by atoms with Crippen LogP contribution in [0.15, 0.2) is 0 Å². The Morgan fingerprint density at radius 2 is 1.93 bits per heavy atom. The van der Waals surface area contributed by atoms with Gasteiger partial charge in [0.25, 0.3) is 0 Å². The maximum Gasteiger partial charge on any atom is 0.0594 e. The molecular formula is C13H25NO. The molecule has 15 heavy (non-hydrogen) atoms. The van der Waals surface area contributed by atoms with Gasteiger partial charge in [-0.25, -0.2) is 0 Å². The lowest BCUT2D eigenvalue weighted by atomic mass is 9.87. The summed E-state index contributed by atoms with van der Waals surface area (Å²) in [5.41, 5.74) is 0. The van der Waals surface area contributed by atoms with Gasteiger partial charge >= 0.3 is 0 Å². The van der Waals surface area contributed by atoms with E-state index >= 15 is 0 Å².